The molecule has 13 rings (SSSR count). The van der Waals surface area contributed by atoms with Crippen LogP contribution in [-0.4, -0.2) is 34.9 Å². The lowest BCUT2D eigenvalue weighted by Crippen LogP contribution is -1.94. The number of halogens is 3. The van der Waals surface area contributed by atoms with Crippen LogP contribution in [0.2, 0.25) is 10.0 Å². The molecule has 0 radical (unpaired) electrons. The number of para-hydroxylation sites is 2. The van der Waals surface area contributed by atoms with Gasteiger partial charge in [0.2, 0.25) is 0 Å². The summed E-state index contributed by atoms with van der Waals surface area (Å²) in [5, 5.41) is 17.0. The molecular formula is C56H31Cl2FN8S. The minimum absolute atomic E-state index is 0.0676. The van der Waals surface area contributed by atoms with Crippen molar-refractivity contribution in [3.8, 4) is 60.9 Å². The van der Waals surface area contributed by atoms with E-state index in [0.717, 1.165) is 126 Å². The molecule has 0 saturated heterocycles. The molecule has 0 unspecified atom stereocenters. The van der Waals surface area contributed by atoms with Gasteiger partial charge < -0.3 is 15.0 Å². The van der Waals surface area contributed by atoms with Crippen LogP contribution in [0.3, 0.4) is 0 Å². The maximum Gasteiger partial charge on any atom is 0.143 e. The van der Waals surface area contributed by atoms with Gasteiger partial charge in [0.15, 0.2) is 0 Å². The van der Waals surface area contributed by atoms with Crippen molar-refractivity contribution in [2.24, 2.45) is 0 Å². The van der Waals surface area contributed by atoms with Gasteiger partial charge in [-0.15, -0.1) is 11.3 Å². The van der Waals surface area contributed by atoms with E-state index in [1.165, 1.54) is 6.07 Å². The van der Waals surface area contributed by atoms with Crippen LogP contribution in [0.5, 0.6) is 0 Å². The molecule has 8 nitrogen and oxygen atoms in total. The second-order valence-electron chi connectivity index (χ2n) is 16.7. The second kappa shape index (κ2) is 15.7. The van der Waals surface area contributed by atoms with Crippen LogP contribution in [0.15, 0.2) is 158 Å². The van der Waals surface area contributed by atoms with Crippen LogP contribution < -0.4 is 0 Å². The third kappa shape index (κ3) is 6.39. The van der Waals surface area contributed by atoms with Crippen LogP contribution in [0.25, 0.3) is 120 Å². The number of rotatable bonds is 7. The Morgan fingerprint density at radius 1 is 0.529 bits per heavy atom. The molecule has 0 spiro atoms. The van der Waals surface area contributed by atoms with E-state index < -0.39 is 5.82 Å². The zero-order chi connectivity index (χ0) is 45.6. The molecule has 0 aliphatic rings. The lowest BCUT2D eigenvalue weighted by atomic mass is 9.99. The summed E-state index contributed by atoms with van der Waals surface area (Å²) in [6.45, 7) is 0. The smallest absolute Gasteiger partial charge is 0.143 e. The molecule has 0 atom stereocenters. The molecule has 6 aromatic carbocycles. The Morgan fingerprint density at radius 2 is 1.12 bits per heavy atom. The van der Waals surface area contributed by atoms with Gasteiger partial charge in [-0.3, -0.25) is 0 Å². The molecule has 0 saturated carbocycles. The minimum Gasteiger partial charge on any atom is -0.360 e. The van der Waals surface area contributed by atoms with E-state index in [0.29, 0.717) is 22.5 Å². The van der Waals surface area contributed by atoms with Gasteiger partial charge in [0.25, 0.3) is 0 Å². The fraction of sp³-hybridized carbons (Fsp3) is 0.0179. The van der Waals surface area contributed by atoms with Crippen LogP contribution in [-0.2, 0) is 6.42 Å². The van der Waals surface area contributed by atoms with Crippen molar-refractivity contribution >= 4 is 100.0 Å². The van der Waals surface area contributed by atoms with Crippen molar-refractivity contribution in [2.75, 3.05) is 0 Å². The predicted molar refractivity (Wildman–Crippen MR) is 275 cm³/mol. The van der Waals surface area contributed by atoms with Crippen molar-refractivity contribution in [3.63, 3.8) is 0 Å². The standard InChI is InChI=1S/C56H31Cl2FN8S/c57-50-30(14-13-29-15-20-48(67-54(29)50)41-26-62-53-32(24-60)6-2-9-37(41)53)23-31-5-1-8-36-40(25-61-52(31)36)46-21-17-33-35(7-3-11-44(33)65-46)49-28-64-56(68-49)39-10-4-12-45-34(39)18-22-47(66-45)42-27-63-55-38(42)16-19-43(59)51(55)58/h1-22,25-28,61-63H,23H2. The van der Waals surface area contributed by atoms with Crippen molar-refractivity contribution in [1.29, 1.82) is 5.26 Å². The van der Waals surface area contributed by atoms with Gasteiger partial charge in [-0.2, -0.15) is 5.26 Å². The number of pyridine rings is 3. The molecule has 7 heterocycles. The van der Waals surface area contributed by atoms with Crippen molar-refractivity contribution in [3.05, 3.63) is 191 Å². The Hall–Kier alpha value is -8.20. The van der Waals surface area contributed by atoms with Crippen LogP contribution in [0.1, 0.15) is 16.7 Å². The zero-order valence-electron chi connectivity index (χ0n) is 35.5. The number of hydrogen-bond donors (Lipinski definition) is 3. The maximum absolute atomic E-state index is 14.2. The number of nitrogens with zero attached hydrogens (tertiary/aromatic N) is 5. The Morgan fingerprint density at radius 3 is 1.87 bits per heavy atom. The summed E-state index contributed by atoms with van der Waals surface area (Å²) < 4.78 is 14.2. The van der Waals surface area contributed by atoms with Gasteiger partial charge in [0.1, 0.15) is 21.9 Å². The number of hydrogen-bond acceptors (Lipinski definition) is 6. The molecule has 0 aliphatic carbocycles. The largest absolute Gasteiger partial charge is 0.360 e. The predicted octanol–water partition coefficient (Wildman–Crippen LogP) is 15.5. The number of nitriles is 1. The third-order valence-electron chi connectivity index (χ3n) is 12.9. The molecule has 0 fully saturated rings. The van der Waals surface area contributed by atoms with Gasteiger partial charge in [-0.05, 0) is 71.8 Å². The van der Waals surface area contributed by atoms with Gasteiger partial charge >= 0.3 is 0 Å². The Labute approximate surface area is 400 Å². The first-order valence-corrected chi connectivity index (χ1v) is 23.4. The van der Waals surface area contributed by atoms with Crippen LogP contribution >= 0.6 is 34.5 Å². The highest BCUT2D eigenvalue weighted by molar-refractivity contribution is 7.18. The van der Waals surface area contributed by atoms with Gasteiger partial charge in [-0.1, -0.05) is 96.0 Å². The monoisotopic (exact) mass is 936 g/mol. The molecule has 12 heteroatoms. The summed E-state index contributed by atoms with van der Waals surface area (Å²) in [5.41, 5.74) is 14.7. The Kier molecular flexibility index (Phi) is 9.27. The second-order valence-corrected chi connectivity index (χ2v) is 18.5. The summed E-state index contributed by atoms with van der Waals surface area (Å²) in [6, 6.07) is 46.2. The number of benzene rings is 6. The van der Waals surface area contributed by atoms with E-state index in [1.54, 1.807) is 23.5 Å². The van der Waals surface area contributed by atoms with E-state index in [1.807, 2.05) is 73.3 Å². The molecule has 0 aliphatic heterocycles. The quantitative estimate of drug-likeness (QED) is 0.147. The lowest BCUT2D eigenvalue weighted by molar-refractivity contribution is 0.630. The van der Waals surface area contributed by atoms with E-state index in [2.05, 4.69) is 87.8 Å². The average Bonchev–Trinajstić information content (AvgIpc) is 4.22. The first-order chi connectivity index (χ1) is 33.4. The first kappa shape index (κ1) is 40.1. The van der Waals surface area contributed by atoms with Crippen molar-refractivity contribution in [1.82, 2.24) is 34.9 Å². The molecule has 0 bridgehead atoms. The fourth-order valence-electron chi connectivity index (χ4n) is 9.61. The SMILES string of the molecule is N#Cc1cccc2c(-c3ccc4ccc(Cc5cccc6c(-c7ccc8c(-c9cnc(-c%10cccc%11nc(-c%12c[nH]c%13c(Cl)c(F)ccc%12%13)ccc%10%11)s9)cccc8n7)c[nH]c56)c(Cl)c4n3)c[nH]c12. The number of aromatic nitrogens is 7. The number of nitrogens with one attached hydrogen (secondary N) is 3. The number of thiazole rings is 1. The Bertz CT molecular complexity index is 4270. The molecule has 68 heavy (non-hydrogen) atoms. The molecule has 13 aromatic rings. The average molecular weight is 938 g/mol. The highest BCUT2D eigenvalue weighted by Gasteiger charge is 2.19. The maximum atomic E-state index is 14.2. The number of aromatic amines is 3. The van der Waals surface area contributed by atoms with Gasteiger partial charge in [-0.25, -0.2) is 24.3 Å². The third-order valence-corrected chi connectivity index (χ3v) is 14.8. The highest BCUT2D eigenvalue weighted by Crippen LogP contribution is 2.41. The van der Waals surface area contributed by atoms with E-state index in [4.69, 9.17) is 43.1 Å². The van der Waals surface area contributed by atoms with Gasteiger partial charge in [0, 0.05) is 96.9 Å². The summed E-state index contributed by atoms with van der Waals surface area (Å²) >= 11 is 15.1. The molecule has 3 N–H and O–H groups in total. The molecular weight excluding hydrogens is 907 g/mol. The Balaban J connectivity index is 0.792. The highest BCUT2D eigenvalue weighted by atomic mass is 35.5. The number of H-pyrrole nitrogens is 3. The minimum atomic E-state index is -0.465. The zero-order valence-corrected chi connectivity index (χ0v) is 37.8. The van der Waals surface area contributed by atoms with E-state index >= 15 is 0 Å². The number of fused-ring (bicyclic) bond motifs is 6. The topological polar surface area (TPSA) is 123 Å². The van der Waals surface area contributed by atoms with Crippen molar-refractivity contribution < 1.29 is 4.39 Å². The van der Waals surface area contributed by atoms with Crippen LogP contribution in [0.4, 0.5) is 4.39 Å². The lowest BCUT2D eigenvalue weighted by Gasteiger charge is -2.10. The molecule has 0 amide bonds. The van der Waals surface area contributed by atoms with E-state index in [9.17, 15) is 9.65 Å². The first-order valence-electron chi connectivity index (χ1n) is 21.8. The molecule has 7 aromatic heterocycles. The van der Waals surface area contributed by atoms with Gasteiger partial charge in [0.05, 0.1) is 60.1 Å². The summed E-state index contributed by atoms with van der Waals surface area (Å²) in [6.07, 6.45) is 8.30. The molecule has 322 valence electrons. The van der Waals surface area contributed by atoms with Crippen molar-refractivity contribution in [2.45, 2.75) is 6.42 Å². The normalized spacial score (nSPS) is 11.8. The summed E-state index contributed by atoms with van der Waals surface area (Å²) in [7, 11) is 0. The summed E-state index contributed by atoms with van der Waals surface area (Å²) in [4.78, 5) is 31.2. The van der Waals surface area contributed by atoms with E-state index in [-0.39, 0.29) is 5.02 Å². The summed E-state index contributed by atoms with van der Waals surface area (Å²) in [5.74, 6) is -0.465. The van der Waals surface area contributed by atoms with Crippen LogP contribution in [0, 0.1) is 17.1 Å². The fourth-order valence-corrected chi connectivity index (χ4v) is 11.1.